The predicted octanol–water partition coefficient (Wildman–Crippen LogP) is 0.713. The molecule has 0 amide bonds. The van der Waals surface area contributed by atoms with Gasteiger partial charge in [0.05, 0.1) is 24.6 Å². The zero-order valence-electron chi connectivity index (χ0n) is 10.9. The van der Waals surface area contributed by atoms with Crippen LogP contribution in [0.3, 0.4) is 0 Å². The van der Waals surface area contributed by atoms with Gasteiger partial charge in [0.15, 0.2) is 11.6 Å². The monoisotopic (exact) mass is 308 g/mol. The van der Waals surface area contributed by atoms with E-state index in [1.54, 1.807) is 0 Å². The fourth-order valence-corrected chi connectivity index (χ4v) is 1.86. The molecular weight excluding hydrogens is 294 g/mol. The molecule has 20 heavy (non-hydrogen) atoms. The number of hydrogen-bond acceptors (Lipinski definition) is 5. The summed E-state index contributed by atoms with van der Waals surface area (Å²) in [7, 11) is -2.28. The van der Waals surface area contributed by atoms with Crippen LogP contribution in [0.15, 0.2) is 12.1 Å². The van der Waals surface area contributed by atoms with E-state index in [0.29, 0.717) is 0 Å². The van der Waals surface area contributed by atoms with Crippen LogP contribution in [-0.4, -0.2) is 40.8 Å². The summed E-state index contributed by atoms with van der Waals surface area (Å²) >= 11 is 0. The fraction of sp³-hybridized carbons (Fsp3) is 0.364. The molecule has 0 atom stereocenters. The van der Waals surface area contributed by atoms with Gasteiger partial charge in [0.25, 0.3) is 0 Å². The van der Waals surface area contributed by atoms with Crippen molar-refractivity contribution in [2.24, 2.45) is 0 Å². The summed E-state index contributed by atoms with van der Waals surface area (Å²) in [6.07, 6.45) is 0.985. The van der Waals surface area contributed by atoms with Gasteiger partial charge in [0, 0.05) is 13.1 Å². The minimum absolute atomic E-state index is 0.0125. The molecule has 0 aliphatic heterocycles. The van der Waals surface area contributed by atoms with Crippen molar-refractivity contribution in [1.82, 2.24) is 4.72 Å². The summed E-state index contributed by atoms with van der Waals surface area (Å²) in [6.45, 7) is 0.0691. The van der Waals surface area contributed by atoms with Crippen LogP contribution >= 0.6 is 0 Å². The second kappa shape index (κ2) is 6.62. The van der Waals surface area contributed by atoms with Crippen LogP contribution in [0.5, 0.6) is 0 Å². The summed E-state index contributed by atoms with van der Waals surface area (Å²) in [4.78, 5) is 11.1. The number of hydrogen-bond donors (Lipinski definition) is 2. The van der Waals surface area contributed by atoms with Crippen molar-refractivity contribution in [2.45, 2.75) is 0 Å². The molecular formula is C11H14F2N2O4S. The SMILES string of the molecule is COC(=O)c1ccc(NCCNS(C)(=O)=O)c(F)c1F. The number of rotatable bonds is 6. The van der Waals surface area contributed by atoms with Crippen LogP contribution in [0.4, 0.5) is 14.5 Å². The molecule has 1 aromatic rings. The van der Waals surface area contributed by atoms with Gasteiger partial charge in [-0.3, -0.25) is 0 Å². The first-order valence-electron chi connectivity index (χ1n) is 5.51. The number of carbonyl (C=O) groups is 1. The first kappa shape index (κ1) is 16.3. The summed E-state index contributed by atoms with van der Waals surface area (Å²) in [5, 5.41) is 2.52. The van der Waals surface area contributed by atoms with Crippen LogP contribution in [0, 0.1) is 11.6 Å². The van der Waals surface area contributed by atoms with Gasteiger partial charge in [-0.1, -0.05) is 0 Å². The maximum absolute atomic E-state index is 13.6. The van der Waals surface area contributed by atoms with Gasteiger partial charge in [-0.2, -0.15) is 0 Å². The normalized spacial score (nSPS) is 11.2. The van der Waals surface area contributed by atoms with E-state index in [1.807, 2.05) is 0 Å². The Balaban J connectivity index is 2.73. The minimum Gasteiger partial charge on any atom is -0.465 e. The van der Waals surface area contributed by atoms with Gasteiger partial charge >= 0.3 is 5.97 Å². The van der Waals surface area contributed by atoms with Gasteiger partial charge in [-0.15, -0.1) is 0 Å². The zero-order valence-corrected chi connectivity index (χ0v) is 11.7. The number of benzene rings is 1. The number of methoxy groups -OCH3 is 1. The molecule has 2 N–H and O–H groups in total. The Kier molecular flexibility index (Phi) is 5.40. The number of ether oxygens (including phenoxy) is 1. The van der Waals surface area contributed by atoms with Crippen molar-refractivity contribution >= 4 is 21.7 Å². The van der Waals surface area contributed by atoms with E-state index in [1.165, 1.54) is 6.07 Å². The van der Waals surface area contributed by atoms with E-state index >= 15 is 0 Å². The van der Waals surface area contributed by atoms with Crippen LogP contribution < -0.4 is 10.0 Å². The fourth-order valence-electron chi connectivity index (χ4n) is 1.39. The molecule has 0 saturated heterocycles. The third-order valence-corrected chi connectivity index (χ3v) is 3.02. The maximum Gasteiger partial charge on any atom is 0.340 e. The second-order valence-corrected chi connectivity index (χ2v) is 5.71. The summed E-state index contributed by atoms with van der Waals surface area (Å²) < 4.78 is 55.3. The van der Waals surface area contributed by atoms with Gasteiger partial charge < -0.3 is 10.1 Å². The number of carbonyl (C=O) groups excluding carboxylic acids is 1. The van der Waals surface area contributed by atoms with Crippen LogP contribution in [-0.2, 0) is 14.8 Å². The molecule has 0 unspecified atom stereocenters. The number of sulfonamides is 1. The lowest BCUT2D eigenvalue weighted by molar-refractivity contribution is 0.0594. The summed E-state index contributed by atoms with van der Waals surface area (Å²) in [5.74, 6) is -3.53. The molecule has 9 heteroatoms. The standard InChI is InChI=1S/C11H14F2N2O4S/c1-19-11(16)7-3-4-8(10(13)9(7)12)14-5-6-15-20(2,17)18/h3-4,14-15H,5-6H2,1-2H3. The lowest BCUT2D eigenvalue weighted by atomic mass is 10.2. The van der Waals surface area contributed by atoms with Crippen molar-refractivity contribution < 1.29 is 26.7 Å². The number of nitrogens with one attached hydrogen (secondary N) is 2. The van der Waals surface area contributed by atoms with E-state index in [2.05, 4.69) is 14.8 Å². The largest absolute Gasteiger partial charge is 0.465 e. The number of anilines is 1. The molecule has 6 nitrogen and oxygen atoms in total. The van der Waals surface area contributed by atoms with Crippen molar-refractivity contribution in [1.29, 1.82) is 0 Å². The van der Waals surface area contributed by atoms with E-state index in [4.69, 9.17) is 0 Å². The van der Waals surface area contributed by atoms with Crippen molar-refractivity contribution in [3.8, 4) is 0 Å². The van der Waals surface area contributed by atoms with E-state index < -0.39 is 33.2 Å². The lowest BCUT2D eigenvalue weighted by Crippen LogP contribution is -2.27. The van der Waals surface area contributed by atoms with Gasteiger partial charge in [0.2, 0.25) is 10.0 Å². The Labute approximate surface area is 115 Å². The Morgan fingerprint density at radius 2 is 1.90 bits per heavy atom. The second-order valence-electron chi connectivity index (χ2n) is 3.87. The molecule has 0 heterocycles. The molecule has 0 aliphatic rings. The Morgan fingerprint density at radius 3 is 2.45 bits per heavy atom. The van der Waals surface area contributed by atoms with Crippen LogP contribution in [0.1, 0.15) is 10.4 Å². The highest BCUT2D eigenvalue weighted by atomic mass is 32.2. The van der Waals surface area contributed by atoms with Crippen molar-refractivity contribution in [3.63, 3.8) is 0 Å². The topological polar surface area (TPSA) is 84.5 Å². The highest BCUT2D eigenvalue weighted by molar-refractivity contribution is 7.88. The predicted molar refractivity (Wildman–Crippen MR) is 69.0 cm³/mol. The third kappa shape index (κ3) is 4.42. The molecule has 112 valence electrons. The van der Waals surface area contributed by atoms with E-state index in [0.717, 1.165) is 19.4 Å². The Hall–Kier alpha value is -1.74. The quantitative estimate of drug-likeness (QED) is 0.597. The first-order chi connectivity index (χ1) is 9.26. The highest BCUT2D eigenvalue weighted by Crippen LogP contribution is 2.20. The van der Waals surface area contributed by atoms with Crippen LogP contribution in [0.2, 0.25) is 0 Å². The average molecular weight is 308 g/mol. The Bertz CT molecular complexity index is 605. The highest BCUT2D eigenvalue weighted by Gasteiger charge is 2.18. The smallest absolute Gasteiger partial charge is 0.340 e. The number of esters is 1. The molecule has 0 bridgehead atoms. The zero-order chi connectivity index (χ0) is 15.3. The van der Waals surface area contributed by atoms with Gasteiger partial charge in [-0.25, -0.2) is 26.7 Å². The van der Waals surface area contributed by atoms with Crippen molar-refractivity contribution in [3.05, 3.63) is 29.3 Å². The molecule has 0 aromatic heterocycles. The Morgan fingerprint density at radius 1 is 1.25 bits per heavy atom. The van der Waals surface area contributed by atoms with E-state index in [9.17, 15) is 22.0 Å². The lowest BCUT2D eigenvalue weighted by Gasteiger charge is -2.10. The van der Waals surface area contributed by atoms with Gasteiger partial charge in [-0.05, 0) is 12.1 Å². The summed E-state index contributed by atoms with van der Waals surface area (Å²) in [6, 6.07) is 2.25. The maximum atomic E-state index is 13.6. The third-order valence-electron chi connectivity index (χ3n) is 2.29. The minimum atomic E-state index is -3.34. The van der Waals surface area contributed by atoms with Crippen LogP contribution in [0.25, 0.3) is 0 Å². The molecule has 0 aliphatic carbocycles. The summed E-state index contributed by atoms with van der Waals surface area (Å²) in [5.41, 5.74) is -0.685. The molecule has 0 spiro atoms. The number of halogens is 2. The molecule has 1 aromatic carbocycles. The molecule has 0 saturated carbocycles. The first-order valence-corrected chi connectivity index (χ1v) is 7.40. The molecule has 1 rings (SSSR count). The van der Waals surface area contributed by atoms with E-state index in [-0.39, 0.29) is 18.8 Å². The molecule has 0 fully saturated rings. The van der Waals surface area contributed by atoms with Crippen molar-refractivity contribution in [2.75, 3.05) is 31.8 Å². The average Bonchev–Trinajstić information content (AvgIpc) is 2.37. The molecule has 0 radical (unpaired) electrons. The van der Waals surface area contributed by atoms with Gasteiger partial charge in [0.1, 0.15) is 0 Å².